The number of methoxy groups -OCH3 is 1. The number of nitrogen functional groups attached to an aromatic ring is 1. The van der Waals surface area contributed by atoms with Crippen molar-refractivity contribution < 1.29 is 29.6 Å². The van der Waals surface area contributed by atoms with Gasteiger partial charge in [0.15, 0.2) is 11.5 Å². The van der Waals surface area contributed by atoms with Crippen LogP contribution in [0.1, 0.15) is 85.7 Å². The van der Waals surface area contributed by atoms with E-state index in [1.54, 1.807) is 18.5 Å². The lowest BCUT2D eigenvalue weighted by Crippen LogP contribution is -2.37. The number of ketones is 2. The van der Waals surface area contributed by atoms with Gasteiger partial charge in [-0.2, -0.15) is 11.9 Å². The molecule has 0 bridgehead atoms. The molecule has 0 saturated heterocycles. The fraction of sp³-hybridized carbons (Fsp3) is 0.457. The summed E-state index contributed by atoms with van der Waals surface area (Å²) in [5, 5.41) is 31.9. The minimum absolute atomic E-state index is 0.0584. The van der Waals surface area contributed by atoms with Gasteiger partial charge in [0.2, 0.25) is 0 Å². The summed E-state index contributed by atoms with van der Waals surface area (Å²) < 4.78 is 5.56. The molecular weight excluding hydrogens is 558 g/mol. The van der Waals surface area contributed by atoms with Gasteiger partial charge in [0, 0.05) is 48.1 Å². The van der Waals surface area contributed by atoms with Crippen molar-refractivity contribution in [3.05, 3.63) is 76.7 Å². The molecule has 0 saturated carbocycles. The standard InChI is InChI=1S/C35H44N3O6/c1-3-6-23(21-39)7-4-9-26(41)19-27(42)11-10-24-17-30(33(43)31(18-24)44-2)32-28-13-16-38-34(36)29(28)12-14-35(32,22-40)20-25-8-5-15-37-25/h5,8,12-18,23,32,39-40,43H,3-4,6-7,9-11,19-22H2,1-2H3,(H2,36,38)/q-1. The van der Waals surface area contributed by atoms with Crippen molar-refractivity contribution in [3.63, 3.8) is 0 Å². The van der Waals surface area contributed by atoms with Crippen LogP contribution in [0.15, 0.2) is 48.8 Å². The molecule has 1 aromatic carbocycles. The smallest absolute Gasteiger partial charge is 0.161 e. The van der Waals surface area contributed by atoms with Crippen LogP contribution >= 0.6 is 0 Å². The van der Waals surface area contributed by atoms with Crippen molar-refractivity contribution in [3.8, 4) is 11.5 Å². The van der Waals surface area contributed by atoms with Crippen LogP contribution in [-0.4, -0.2) is 52.2 Å². The van der Waals surface area contributed by atoms with Gasteiger partial charge in [-0.05, 0) is 61.3 Å². The molecule has 3 unspecified atom stereocenters. The first kappa shape index (κ1) is 33.0. The first-order chi connectivity index (χ1) is 21.2. The quantitative estimate of drug-likeness (QED) is 0.160. The Morgan fingerprint density at radius 3 is 2.61 bits per heavy atom. The summed E-state index contributed by atoms with van der Waals surface area (Å²) in [5.41, 5.74) is 9.01. The number of aliphatic hydroxyl groups excluding tert-OH is 2. The SMILES string of the molecule is CCCC(CO)CCCC(=O)CC(=O)CCc1cc(OC)c(O)c(C2c3ccnc(N)c3C=CC2(CO)Cc2ccc[n-]2)c1. The number of pyridine rings is 1. The van der Waals surface area contributed by atoms with Crippen molar-refractivity contribution in [2.45, 2.75) is 70.6 Å². The molecular formula is C35H44N3O6-. The van der Waals surface area contributed by atoms with Crippen molar-refractivity contribution >= 4 is 23.5 Å². The van der Waals surface area contributed by atoms with Gasteiger partial charge in [0.1, 0.15) is 17.4 Å². The number of hydrogen-bond acceptors (Lipinski definition) is 8. The lowest BCUT2D eigenvalue weighted by molar-refractivity contribution is -0.127. The molecule has 0 amide bonds. The Kier molecular flexibility index (Phi) is 11.4. The summed E-state index contributed by atoms with van der Waals surface area (Å²) in [4.78, 5) is 34.0. The number of nitrogens with zero attached hydrogens (tertiary/aromatic N) is 2. The molecule has 2 heterocycles. The highest BCUT2D eigenvalue weighted by atomic mass is 16.5. The second-order valence-corrected chi connectivity index (χ2v) is 11.9. The number of aromatic nitrogens is 2. The van der Waals surface area contributed by atoms with Crippen molar-refractivity contribution in [1.29, 1.82) is 0 Å². The molecule has 1 aliphatic carbocycles. The minimum atomic E-state index is -0.863. The van der Waals surface area contributed by atoms with E-state index in [2.05, 4.69) is 16.9 Å². The van der Waals surface area contributed by atoms with Gasteiger partial charge in [0.25, 0.3) is 0 Å². The van der Waals surface area contributed by atoms with Crippen LogP contribution < -0.4 is 15.5 Å². The van der Waals surface area contributed by atoms with E-state index in [9.17, 15) is 24.9 Å². The van der Waals surface area contributed by atoms with E-state index in [0.717, 1.165) is 41.6 Å². The molecule has 3 atom stereocenters. The number of carbonyl (C=O) groups is 2. The van der Waals surface area contributed by atoms with Crippen LogP contribution in [0.2, 0.25) is 0 Å². The normalized spacial score (nSPS) is 18.1. The van der Waals surface area contributed by atoms with Crippen molar-refractivity contribution in [2.24, 2.45) is 11.3 Å². The number of aliphatic hydroxyl groups is 2. The second kappa shape index (κ2) is 15.2. The number of ether oxygens (including phenoxy) is 1. The monoisotopic (exact) mass is 602 g/mol. The molecule has 236 valence electrons. The molecule has 0 aliphatic heterocycles. The Balaban J connectivity index is 1.58. The summed E-state index contributed by atoms with van der Waals surface area (Å²) in [7, 11) is 1.47. The summed E-state index contributed by atoms with van der Waals surface area (Å²) in [5.74, 6) is -0.0229. The van der Waals surface area contributed by atoms with Crippen LogP contribution in [0.3, 0.4) is 0 Å². The number of aryl methyl sites for hydroxylation is 1. The predicted octanol–water partition coefficient (Wildman–Crippen LogP) is 4.76. The summed E-state index contributed by atoms with van der Waals surface area (Å²) in [6, 6.07) is 9.15. The minimum Gasteiger partial charge on any atom is -0.668 e. The third kappa shape index (κ3) is 7.57. The van der Waals surface area contributed by atoms with Crippen LogP contribution in [0, 0.1) is 11.3 Å². The fourth-order valence-corrected chi connectivity index (χ4v) is 6.42. The van der Waals surface area contributed by atoms with Gasteiger partial charge in [0.05, 0.1) is 20.1 Å². The topological polar surface area (TPSA) is 157 Å². The highest BCUT2D eigenvalue weighted by molar-refractivity contribution is 5.99. The van der Waals surface area contributed by atoms with Crippen molar-refractivity contribution in [2.75, 3.05) is 26.1 Å². The molecule has 0 fully saturated rings. The second-order valence-electron chi connectivity index (χ2n) is 11.9. The van der Waals surface area contributed by atoms with Gasteiger partial charge in [-0.1, -0.05) is 43.7 Å². The van der Waals surface area contributed by atoms with E-state index in [1.165, 1.54) is 7.11 Å². The first-order valence-electron chi connectivity index (χ1n) is 15.4. The number of aromatic hydroxyl groups is 1. The molecule has 2 aromatic heterocycles. The maximum absolute atomic E-state index is 12.8. The molecule has 9 nitrogen and oxygen atoms in total. The number of nitrogens with two attached hydrogens (primary N) is 1. The third-order valence-corrected chi connectivity index (χ3v) is 8.75. The molecule has 9 heteroatoms. The van der Waals surface area contributed by atoms with Crippen LogP contribution in [0.4, 0.5) is 5.82 Å². The largest absolute Gasteiger partial charge is 0.668 e. The van der Waals surface area contributed by atoms with E-state index in [0.29, 0.717) is 37.1 Å². The zero-order chi connectivity index (χ0) is 31.7. The average Bonchev–Trinajstić information content (AvgIpc) is 3.53. The van der Waals surface area contributed by atoms with E-state index < -0.39 is 11.3 Å². The average molecular weight is 603 g/mol. The predicted molar refractivity (Wildman–Crippen MR) is 169 cm³/mol. The number of anilines is 1. The number of hydrogen-bond donors (Lipinski definition) is 4. The lowest BCUT2D eigenvalue weighted by Gasteiger charge is -2.42. The van der Waals surface area contributed by atoms with E-state index in [4.69, 9.17) is 10.5 Å². The van der Waals surface area contributed by atoms with Gasteiger partial charge in [-0.3, -0.25) is 9.59 Å². The van der Waals surface area contributed by atoms with E-state index in [-0.39, 0.29) is 55.0 Å². The number of rotatable bonds is 17. The highest BCUT2D eigenvalue weighted by Crippen LogP contribution is 2.53. The molecule has 44 heavy (non-hydrogen) atoms. The molecule has 0 radical (unpaired) electrons. The van der Waals surface area contributed by atoms with E-state index in [1.807, 2.05) is 36.4 Å². The van der Waals surface area contributed by atoms with Gasteiger partial charge < -0.3 is 30.8 Å². The lowest BCUT2D eigenvalue weighted by atomic mass is 9.63. The molecule has 5 N–H and O–H groups in total. The number of phenolic OH excluding ortho intramolecular Hbond substituents is 1. The number of benzene rings is 1. The highest BCUT2D eigenvalue weighted by Gasteiger charge is 2.43. The third-order valence-electron chi connectivity index (χ3n) is 8.75. The van der Waals surface area contributed by atoms with Crippen LogP contribution in [-0.2, 0) is 22.4 Å². The Hall–Kier alpha value is -3.95. The zero-order valence-corrected chi connectivity index (χ0v) is 25.7. The molecule has 4 rings (SSSR count). The maximum atomic E-state index is 12.8. The summed E-state index contributed by atoms with van der Waals surface area (Å²) in [6.45, 7) is 1.96. The zero-order valence-electron chi connectivity index (χ0n) is 25.7. The van der Waals surface area contributed by atoms with E-state index >= 15 is 0 Å². The van der Waals surface area contributed by atoms with Crippen molar-refractivity contribution in [1.82, 2.24) is 9.97 Å². The van der Waals surface area contributed by atoms with Gasteiger partial charge in [-0.25, -0.2) is 4.98 Å². The number of phenols is 1. The fourth-order valence-electron chi connectivity index (χ4n) is 6.42. The summed E-state index contributed by atoms with van der Waals surface area (Å²) in [6.07, 6.45) is 11.6. The Morgan fingerprint density at radius 1 is 1.14 bits per heavy atom. The summed E-state index contributed by atoms with van der Waals surface area (Å²) >= 11 is 0. The Morgan fingerprint density at radius 2 is 1.93 bits per heavy atom. The maximum Gasteiger partial charge on any atom is 0.161 e. The molecule has 0 spiro atoms. The van der Waals surface area contributed by atoms with Crippen LogP contribution in [0.25, 0.3) is 6.08 Å². The number of carbonyl (C=O) groups excluding carboxylic acids is 2. The van der Waals surface area contributed by atoms with Crippen LogP contribution in [0.5, 0.6) is 11.5 Å². The molecule has 3 aromatic rings. The van der Waals surface area contributed by atoms with Gasteiger partial charge in [-0.15, -0.1) is 0 Å². The number of fused-ring (bicyclic) bond motifs is 1. The van der Waals surface area contributed by atoms with Gasteiger partial charge >= 0.3 is 0 Å². The first-order valence-corrected chi connectivity index (χ1v) is 15.4. The number of Topliss-reactive ketones (excluding diaryl/α,β-unsaturated/α-hetero) is 2. The Bertz CT molecular complexity index is 1450. The Labute approximate surface area is 259 Å². The molecule has 1 aliphatic rings.